The van der Waals surface area contributed by atoms with Gasteiger partial charge >= 0.3 is 0 Å². The summed E-state index contributed by atoms with van der Waals surface area (Å²) in [6.45, 7) is 3.74. The summed E-state index contributed by atoms with van der Waals surface area (Å²) in [6.07, 6.45) is 10.8. The van der Waals surface area contributed by atoms with Crippen molar-refractivity contribution < 1.29 is 4.79 Å². The number of hydrogen-bond acceptors (Lipinski definition) is 1. The molecule has 122 valence electrons. The number of benzene rings is 2. The molecule has 0 radical (unpaired) electrons. The lowest BCUT2D eigenvalue weighted by molar-refractivity contribution is -0.116. The number of unbranched alkanes of at least 4 members (excludes halogenated alkanes) is 6. The third-order valence-corrected chi connectivity index (χ3v) is 4.13. The number of nitrogens with one attached hydrogen (secondary N) is 1. The number of hydrogen-bond donors (Lipinski definition) is 1. The molecule has 2 rings (SSSR count). The van der Waals surface area contributed by atoms with E-state index < -0.39 is 0 Å². The normalized spacial score (nSPS) is 10.6. The lowest BCUT2D eigenvalue weighted by Gasteiger charge is -2.08. The predicted molar refractivity (Wildman–Crippen MR) is 99.7 cm³/mol. The Labute approximate surface area is 139 Å². The summed E-state index contributed by atoms with van der Waals surface area (Å²) in [5.41, 5.74) is 0.914. The summed E-state index contributed by atoms with van der Waals surface area (Å²) in [7, 11) is 0. The fourth-order valence-corrected chi connectivity index (χ4v) is 2.83. The van der Waals surface area contributed by atoms with Crippen LogP contribution in [0.2, 0.25) is 0 Å². The number of allylic oxidation sites excluding steroid dienone is 1. The van der Waals surface area contributed by atoms with E-state index in [4.69, 9.17) is 0 Å². The van der Waals surface area contributed by atoms with Crippen LogP contribution in [0.5, 0.6) is 0 Å². The number of carbonyl (C=O) groups excluding carboxylic acids is 1. The molecule has 0 aliphatic rings. The molecule has 0 fully saturated rings. The Morgan fingerprint density at radius 3 is 2.43 bits per heavy atom. The first-order valence-electron chi connectivity index (χ1n) is 8.70. The third kappa shape index (κ3) is 5.90. The molecule has 0 bridgehead atoms. The highest BCUT2D eigenvalue weighted by Gasteiger charge is 2.05. The van der Waals surface area contributed by atoms with Gasteiger partial charge in [-0.2, -0.15) is 0 Å². The maximum atomic E-state index is 12.1. The molecule has 0 saturated carbocycles. The minimum Gasteiger partial charge on any atom is -0.326 e. The van der Waals surface area contributed by atoms with Gasteiger partial charge in [0.2, 0.25) is 5.91 Å². The summed E-state index contributed by atoms with van der Waals surface area (Å²) < 4.78 is 0. The fraction of sp³-hybridized carbons (Fsp3) is 0.381. The van der Waals surface area contributed by atoms with Crippen molar-refractivity contribution in [2.24, 2.45) is 0 Å². The van der Waals surface area contributed by atoms with E-state index in [0.29, 0.717) is 6.42 Å². The Bertz CT molecular complexity index is 627. The molecule has 0 heterocycles. The molecule has 1 N–H and O–H groups in total. The van der Waals surface area contributed by atoms with Crippen LogP contribution in [0, 0.1) is 0 Å². The summed E-state index contributed by atoms with van der Waals surface area (Å²) in [6, 6.07) is 14.2. The van der Waals surface area contributed by atoms with Crippen molar-refractivity contribution in [3.8, 4) is 0 Å². The molecule has 23 heavy (non-hydrogen) atoms. The topological polar surface area (TPSA) is 29.1 Å². The van der Waals surface area contributed by atoms with Gasteiger partial charge in [0.15, 0.2) is 0 Å². The first-order valence-corrected chi connectivity index (χ1v) is 8.70. The second-order valence-electron chi connectivity index (χ2n) is 6.02. The van der Waals surface area contributed by atoms with Gasteiger partial charge < -0.3 is 5.32 Å². The van der Waals surface area contributed by atoms with Crippen molar-refractivity contribution in [2.45, 2.75) is 51.4 Å². The van der Waals surface area contributed by atoms with E-state index in [2.05, 4.69) is 24.0 Å². The molecule has 0 aromatic heterocycles. The van der Waals surface area contributed by atoms with E-state index in [1.807, 2.05) is 36.4 Å². The van der Waals surface area contributed by atoms with Crippen LogP contribution >= 0.6 is 0 Å². The Kier molecular flexibility index (Phi) is 7.38. The van der Waals surface area contributed by atoms with E-state index in [-0.39, 0.29) is 5.91 Å². The van der Waals surface area contributed by atoms with Gasteiger partial charge in [-0.1, -0.05) is 68.2 Å². The SMILES string of the molecule is C=CCCCCCCCCC(=O)Nc1cccc2ccccc12. The second-order valence-corrected chi connectivity index (χ2v) is 6.02. The molecule has 0 aliphatic carbocycles. The summed E-state index contributed by atoms with van der Waals surface area (Å²) in [5, 5.41) is 5.31. The molecule has 0 unspecified atom stereocenters. The van der Waals surface area contributed by atoms with Crippen LogP contribution in [0.15, 0.2) is 55.1 Å². The van der Waals surface area contributed by atoms with Crippen molar-refractivity contribution in [3.63, 3.8) is 0 Å². The van der Waals surface area contributed by atoms with Gasteiger partial charge in [-0.15, -0.1) is 6.58 Å². The van der Waals surface area contributed by atoms with Crippen molar-refractivity contribution in [2.75, 3.05) is 5.32 Å². The van der Waals surface area contributed by atoms with Crippen LogP contribution in [-0.4, -0.2) is 5.91 Å². The van der Waals surface area contributed by atoms with Gasteiger partial charge in [0.1, 0.15) is 0 Å². The number of anilines is 1. The highest BCUT2D eigenvalue weighted by Crippen LogP contribution is 2.23. The number of rotatable bonds is 10. The first-order chi connectivity index (χ1) is 11.3. The Morgan fingerprint density at radius 1 is 0.913 bits per heavy atom. The van der Waals surface area contributed by atoms with E-state index in [1.54, 1.807) is 0 Å². The quantitative estimate of drug-likeness (QED) is 0.418. The van der Waals surface area contributed by atoms with Gasteiger partial charge in [-0.25, -0.2) is 0 Å². The Morgan fingerprint density at radius 2 is 1.61 bits per heavy atom. The van der Waals surface area contributed by atoms with Crippen LogP contribution in [0.3, 0.4) is 0 Å². The van der Waals surface area contributed by atoms with Crippen LogP contribution in [0.1, 0.15) is 51.4 Å². The Balaban J connectivity index is 1.69. The van der Waals surface area contributed by atoms with Crippen molar-refractivity contribution >= 4 is 22.4 Å². The highest BCUT2D eigenvalue weighted by molar-refractivity contribution is 6.02. The van der Waals surface area contributed by atoms with Crippen LogP contribution in [0.25, 0.3) is 10.8 Å². The number of amides is 1. The second kappa shape index (κ2) is 9.83. The molecule has 1 amide bonds. The number of carbonyl (C=O) groups is 1. The fourth-order valence-electron chi connectivity index (χ4n) is 2.83. The smallest absolute Gasteiger partial charge is 0.224 e. The molecular formula is C21H27NO. The molecule has 0 atom stereocenters. The van der Waals surface area contributed by atoms with Gasteiger partial charge in [0.25, 0.3) is 0 Å². The zero-order valence-electron chi connectivity index (χ0n) is 13.9. The van der Waals surface area contributed by atoms with Gasteiger partial charge in [0, 0.05) is 17.5 Å². The predicted octanol–water partition coefficient (Wildman–Crippen LogP) is 6.09. The molecule has 0 aliphatic heterocycles. The maximum absolute atomic E-state index is 12.1. The average molecular weight is 309 g/mol. The zero-order valence-corrected chi connectivity index (χ0v) is 13.9. The van der Waals surface area contributed by atoms with E-state index in [0.717, 1.165) is 35.7 Å². The van der Waals surface area contributed by atoms with Crippen molar-refractivity contribution in [3.05, 3.63) is 55.1 Å². The van der Waals surface area contributed by atoms with E-state index in [9.17, 15) is 4.79 Å². The molecule has 2 aromatic rings. The monoisotopic (exact) mass is 309 g/mol. The average Bonchev–Trinajstić information content (AvgIpc) is 2.57. The summed E-state index contributed by atoms with van der Waals surface area (Å²) in [5.74, 6) is 0.119. The molecule has 2 heteroatoms. The lowest BCUT2D eigenvalue weighted by atomic mass is 10.1. The van der Waals surface area contributed by atoms with Gasteiger partial charge in [-0.05, 0) is 30.7 Å². The lowest BCUT2D eigenvalue weighted by Crippen LogP contribution is -2.11. The van der Waals surface area contributed by atoms with Crippen LogP contribution in [0.4, 0.5) is 5.69 Å². The zero-order chi connectivity index (χ0) is 16.3. The molecule has 0 saturated heterocycles. The molecule has 2 aromatic carbocycles. The minimum absolute atomic E-state index is 0.119. The van der Waals surface area contributed by atoms with Gasteiger partial charge in [0.05, 0.1) is 0 Å². The molecule has 2 nitrogen and oxygen atoms in total. The van der Waals surface area contributed by atoms with Crippen LogP contribution in [-0.2, 0) is 4.79 Å². The molecule has 0 spiro atoms. The number of fused-ring (bicyclic) bond motifs is 1. The van der Waals surface area contributed by atoms with Crippen molar-refractivity contribution in [1.82, 2.24) is 0 Å². The summed E-state index contributed by atoms with van der Waals surface area (Å²) in [4.78, 5) is 12.1. The maximum Gasteiger partial charge on any atom is 0.224 e. The van der Waals surface area contributed by atoms with E-state index >= 15 is 0 Å². The van der Waals surface area contributed by atoms with Crippen molar-refractivity contribution in [1.29, 1.82) is 0 Å². The van der Waals surface area contributed by atoms with Gasteiger partial charge in [-0.3, -0.25) is 4.79 Å². The Hall–Kier alpha value is -2.09. The third-order valence-electron chi connectivity index (χ3n) is 4.13. The standard InChI is InChI=1S/C21H27NO/c1-2-3-4-5-6-7-8-9-17-21(23)22-20-16-12-14-18-13-10-11-15-19(18)20/h2,10-16H,1,3-9,17H2,(H,22,23). The summed E-state index contributed by atoms with van der Waals surface area (Å²) >= 11 is 0. The largest absolute Gasteiger partial charge is 0.326 e. The molecular weight excluding hydrogens is 282 g/mol. The minimum atomic E-state index is 0.119. The first kappa shape index (κ1) is 17.3. The van der Waals surface area contributed by atoms with E-state index in [1.165, 1.54) is 25.7 Å². The highest BCUT2D eigenvalue weighted by atomic mass is 16.1. The van der Waals surface area contributed by atoms with Crippen LogP contribution < -0.4 is 5.32 Å².